The molecule has 0 radical (unpaired) electrons. The van der Waals surface area contributed by atoms with Crippen molar-refractivity contribution in [3.05, 3.63) is 42.4 Å². The van der Waals surface area contributed by atoms with Gasteiger partial charge in [-0.3, -0.25) is 14.5 Å². The maximum absolute atomic E-state index is 12.6. The summed E-state index contributed by atoms with van der Waals surface area (Å²) in [4.78, 5) is 16.6. The first-order valence-electron chi connectivity index (χ1n) is 7.73. The molecular weight excluding hydrogens is 365 g/mol. The fourth-order valence-corrected chi connectivity index (χ4v) is 2.73. The number of ether oxygens (including phenoxy) is 1. The van der Waals surface area contributed by atoms with Crippen molar-refractivity contribution < 1.29 is 9.53 Å². The monoisotopic (exact) mass is 387 g/mol. The summed E-state index contributed by atoms with van der Waals surface area (Å²) in [6.45, 7) is 2.09. The number of halogens is 2. The summed E-state index contributed by atoms with van der Waals surface area (Å²) >= 11 is 0. The van der Waals surface area contributed by atoms with Crippen LogP contribution in [0.2, 0.25) is 0 Å². The molecular formula is C16H23Cl2N5O2. The summed E-state index contributed by atoms with van der Waals surface area (Å²) < 4.78 is 7.12. The van der Waals surface area contributed by atoms with E-state index in [1.807, 2.05) is 18.3 Å². The van der Waals surface area contributed by atoms with E-state index in [2.05, 4.69) is 15.4 Å². The second kappa shape index (κ2) is 9.72. The first kappa shape index (κ1) is 21.4. The van der Waals surface area contributed by atoms with Crippen LogP contribution >= 0.6 is 24.8 Å². The summed E-state index contributed by atoms with van der Waals surface area (Å²) in [5, 5.41) is 7.29. The van der Waals surface area contributed by atoms with Gasteiger partial charge in [0, 0.05) is 44.4 Å². The Balaban J connectivity index is 0.00000156. The number of rotatable bonds is 5. The van der Waals surface area contributed by atoms with Crippen molar-refractivity contribution in [2.75, 3.05) is 25.1 Å². The average molecular weight is 388 g/mol. The number of hydrogen-bond acceptors (Lipinski definition) is 5. The fourth-order valence-electron chi connectivity index (χ4n) is 2.73. The van der Waals surface area contributed by atoms with Crippen LogP contribution in [0.1, 0.15) is 18.4 Å². The number of aromatic nitrogens is 3. The molecule has 1 aliphatic rings. The topological polar surface area (TPSA) is 95.1 Å². The lowest BCUT2D eigenvalue weighted by atomic mass is 9.79. The molecule has 0 aromatic carbocycles. The van der Waals surface area contributed by atoms with E-state index in [0.717, 1.165) is 5.56 Å². The largest absolute Gasteiger partial charge is 0.381 e. The Morgan fingerprint density at radius 1 is 1.24 bits per heavy atom. The zero-order valence-electron chi connectivity index (χ0n) is 13.8. The predicted octanol–water partition coefficient (Wildman–Crippen LogP) is 1.86. The molecule has 1 amide bonds. The summed E-state index contributed by atoms with van der Waals surface area (Å²) in [6.07, 6.45) is 6.63. The van der Waals surface area contributed by atoms with Crippen LogP contribution in [0, 0.1) is 5.41 Å². The zero-order valence-corrected chi connectivity index (χ0v) is 15.4. The van der Waals surface area contributed by atoms with E-state index >= 15 is 0 Å². The Labute approximate surface area is 159 Å². The molecule has 1 saturated heterocycles. The first-order valence-corrected chi connectivity index (χ1v) is 7.73. The summed E-state index contributed by atoms with van der Waals surface area (Å²) in [5.74, 6) is 0.473. The molecule has 2 aromatic rings. The Morgan fingerprint density at radius 2 is 1.92 bits per heavy atom. The third-order valence-corrected chi connectivity index (χ3v) is 4.30. The van der Waals surface area contributed by atoms with Crippen LogP contribution in [-0.2, 0) is 16.1 Å². The van der Waals surface area contributed by atoms with Crippen molar-refractivity contribution in [1.82, 2.24) is 14.8 Å². The van der Waals surface area contributed by atoms with E-state index in [9.17, 15) is 4.79 Å². The number of nitrogens with one attached hydrogen (secondary N) is 1. The van der Waals surface area contributed by atoms with Crippen LogP contribution in [0.5, 0.6) is 0 Å². The molecule has 1 fully saturated rings. The van der Waals surface area contributed by atoms with Crippen molar-refractivity contribution in [2.24, 2.45) is 11.1 Å². The van der Waals surface area contributed by atoms with E-state index in [1.54, 1.807) is 23.1 Å². The molecule has 0 spiro atoms. The smallest absolute Gasteiger partial charge is 0.233 e. The molecule has 3 rings (SSSR count). The third kappa shape index (κ3) is 5.15. The average Bonchev–Trinajstić information content (AvgIpc) is 3.03. The highest BCUT2D eigenvalue weighted by atomic mass is 35.5. The van der Waals surface area contributed by atoms with E-state index in [-0.39, 0.29) is 30.7 Å². The predicted molar refractivity (Wildman–Crippen MR) is 100 cm³/mol. The molecule has 0 saturated carbocycles. The minimum absolute atomic E-state index is 0. The van der Waals surface area contributed by atoms with Gasteiger partial charge in [0.1, 0.15) is 0 Å². The number of pyridine rings is 1. The summed E-state index contributed by atoms with van der Waals surface area (Å²) in [5.41, 5.74) is 6.40. The van der Waals surface area contributed by atoms with Crippen LogP contribution in [0.3, 0.4) is 0 Å². The molecule has 0 atom stereocenters. The van der Waals surface area contributed by atoms with Gasteiger partial charge < -0.3 is 15.8 Å². The van der Waals surface area contributed by atoms with Gasteiger partial charge in [0.2, 0.25) is 5.91 Å². The van der Waals surface area contributed by atoms with Gasteiger partial charge >= 0.3 is 0 Å². The molecule has 0 bridgehead atoms. The maximum atomic E-state index is 12.6. The van der Waals surface area contributed by atoms with Crippen molar-refractivity contribution in [3.8, 4) is 0 Å². The minimum atomic E-state index is -0.548. The van der Waals surface area contributed by atoms with Crippen LogP contribution < -0.4 is 11.1 Å². The first-order chi connectivity index (χ1) is 11.2. The molecule has 1 aliphatic heterocycles. The van der Waals surface area contributed by atoms with Crippen LogP contribution in [0.25, 0.3) is 0 Å². The fraction of sp³-hybridized carbons (Fsp3) is 0.438. The van der Waals surface area contributed by atoms with Gasteiger partial charge in [-0.2, -0.15) is 5.10 Å². The number of anilines is 1. The van der Waals surface area contributed by atoms with Gasteiger partial charge in [0.15, 0.2) is 5.82 Å². The van der Waals surface area contributed by atoms with E-state index in [4.69, 9.17) is 10.5 Å². The highest BCUT2D eigenvalue weighted by Crippen LogP contribution is 2.30. The number of carbonyl (C=O) groups excluding carboxylic acids is 1. The lowest BCUT2D eigenvalue weighted by molar-refractivity contribution is -0.130. The Bertz CT molecular complexity index is 660. The SMILES string of the molecule is Cl.Cl.NCC1(C(=O)Nc2ccn(Cc3ccncc3)n2)CCOCC1. The van der Waals surface area contributed by atoms with E-state index < -0.39 is 5.41 Å². The quantitative estimate of drug-likeness (QED) is 0.816. The second-order valence-electron chi connectivity index (χ2n) is 5.80. The third-order valence-electron chi connectivity index (χ3n) is 4.30. The highest BCUT2D eigenvalue weighted by molar-refractivity contribution is 5.94. The molecule has 138 valence electrons. The van der Waals surface area contributed by atoms with E-state index in [1.165, 1.54) is 0 Å². The van der Waals surface area contributed by atoms with E-state index in [0.29, 0.717) is 45.0 Å². The Hall–Kier alpha value is -1.67. The Morgan fingerprint density at radius 3 is 2.56 bits per heavy atom. The summed E-state index contributed by atoms with van der Waals surface area (Å²) in [6, 6.07) is 5.67. The molecule has 2 aromatic heterocycles. The van der Waals surface area contributed by atoms with Crippen molar-refractivity contribution in [1.29, 1.82) is 0 Å². The highest BCUT2D eigenvalue weighted by Gasteiger charge is 2.39. The molecule has 3 heterocycles. The maximum Gasteiger partial charge on any atom is 0.233 e. The zero-order chi connectivity index (χ0) is 16.1. The van der Waals surface area contributed by atoms with Crippen LogP contribution in [0.15, 0.2) is 36.8 Å². The minimum Gasteiger partial charge on any atom is -0.381 e. The molecule has 0 unspecified atom stereocenters. The van der Waals surface area contributed by atoms with Gasteiger partial charge in [-0.25, -0.2) is 0 Å². The number of carbonyl (C=O) groups is 1. The van der Waals surface area contributed by atoms with Gasteiger partial charge in [0.25, 0.3) is 0 Å². The Kier molecular flexibility index (Phi) is 8.31. The molecule has 3 N–H and O–H groups in total. The number of amides is 1. The molecule has 25 heavy (non-hydrogen) atoms. The number of nitrogens with zero attached hydrogens (tertiary/aromatic N) is 3. The summed E-state index contributed by atoms with van der Waals surface area (Å²) in [7, 11) is 0. The molecule has 0 aliphatic carbocycles. The lowest BCUT2D eigenvalue weighted by Gasteiger charge is -2.34. The van der Waals surface area contributed by atoms with Gasteiger partial charge in [0.05, 0.1) is 12.0 Å². The molecule has 7 nitrogen and oxygen atoms in total. The second-order valence-corrected chi connectivity index (χ2v) is 5.80. The molecule has 9 heteroatoms. The van der Waals surface area contributed by atoms with Crippen LogP contribution in [0.4, 0.5) is 5.82 Å². The van der Waals surface area contributed by atoms with Crippen molar-refractivity contribution >= 4 is 36.5 Å². The number of hydrogen-bond donors (Lipinski definition) is 2. The number of nitrogens with two attached hydrogens (primary N) is 1. The normalized spacial score (nSPS) is 15.6. The van der Waals surface area contributed by atoms with Gasteiger partial charge in [-0.1, -0.05) is 0 Å². The van der Waals surface area contributed by atoms with Crippen molar-refractivity contribution in [3.63, 3.8) is 0 Å². The lowest BCUT2D eigenvalue weighted by Crippen LogP contribution is -2.46. The van der Waals surface area contributed by atoms with Crippen molar-refractivity contribution in [2.45, 2.75) is 19.4 Å². The van der Waals surface area contributed by atoms with Gasteiger partial charge in [-0.15, -0.1) is 24.8 Å². The van der Waals surface area contributed by atoms with Crippen LogP contribution in [-0.4, -0.2) is 40.4 Å². The standard InChI is InChI=1S/C16H21N5O2.2ClH/c17-12-16(4-9-23-10-5-16)15(22)19-14-3-8-21(20-14)11-13-1-6-18-7-2-13;;/h1-3,6-8H,4-5,9-12,17H2,(H,19,20,22);2*1H. The van der Waals surface area contributed by atoms with Gasteiger partial charge in [-0.05, 0) is 30.5 Å².